The molecule has 1 aliphatic rings. The quantitative estimate of drug-likeness (QED) is 0.856. The molecule has 5 nitrogen and oxygen atoms in total. The van der Waals surface area contributed by atoms with Gasteiger partial charge in [-0.1, -0.05) is 13.0 Å². The summed E-state index contributed by atoms with van der Waals surface area (Å²) in [7, 11) is -3.56. The predicted molar refractivity (Wildman–Crippen MR) is 75.9 cm³/mol. The monoisotopic (exact) mass is 299 g/mol. The molecule has 112 valence electrons. The number of nitrogens with one attached hydrogen (secondary N) is 1. The number of hydrogen-bond acceptors (Lipinski definition) is 4. The number of rotatable bonds is 5. The van der Waals surface area contributed by atoms with E-state index in [0.717, 1.165) is 24.8 Å². The molecule has 20 heavy (non-hydrogen) atoms. The maximum atomic E-state index is 12.3. The van der Waals surface area contributed by atoms with Gasteiger partial charge in [-0.05, 0) is 42.5 Å². The summed E-state index contributed by atoms with van der Waals surface area (Å²) in [5.74, 6) is 0. The van der Waals surface area contributed by atoms with Crippen molar-refractivity contribution in [1.82, 2.24) is 4.72 Å². The number of ether oxygens (including phenoxy) is 1. The summed E-state index contributed by atoms with van der Waals surface area (Å²) in [6.45, 7) is 2.93. The topological polar surface area (TPSA) is 75.6 Å². The highest BCUT2D eigenvalue weighted by molar-refractivity contribution is 7.89. The normalized spacial score (nSPS) is 20.0. The van der Waals surface area contributed by atoms with Crippen LogP contribution in [0.2, 0.25) is 0 Å². The smallest absolute Gasteiger partial charge is 0.240 e. The average molecular weight is 299 g/mol. The number of hydrogen-bond donors (Lipinski definition) is 2. The lowest BCUT2D eigenvalue weighted by Crippen LogP contribution is -2.40. The zero-order chi connectivity index (χ0) is 14.6. The molecule has 2 rings (SSSR count). The molecule has 1 aliphatic heterocycles. The summed E-state index contributed by atoms with van der Waals surface area (Å²) in [4.78, 5) is 0.198. The fourth-order valence-electron chi connectivity index (χ4n) is 2.38. The van der Waals surface area contributed by atoms with Gasteiger partial charge in [0.25, 0.3) is 0 Å². The van der Waals surface area contributed by atoms with Crippen molar-refractivity contribution in [2.45, 2.75) is 43.7 Å². The average Bonchev–Trinajstić information content (AvgIpc) is 2.47. The van der Waals surface area contributed by atoms with Crippen molar-refractivity contribution in [3.8, 4) is 0 Å². The van der Waals surface area contributed by atoms with E-state index in [-0.39, 0.29) is 17.5 Å². The van der Waals surface area contributed by atoms with Crippen molar-refractivity contribution in [3.05, 3.63) is 29.3 Å². The van der Waals surface area contributed by atoms with Crippen molar-refractivity contribution in [1.29, 1.82) is 0 Å². The second-order valence-electron chi connectivity index (χ2n) is 4.98. The Balaban J connectivity index is 2.20. The third kappa shape index (κ3) is 3.58. The van der Waals surface area contributed by atoms with Crippen LogP contribution in [0.25, 0.3) is 0 Å². The van der Waals surface area contributed by atoms with Gasteiger partial charge in [-0.3, -0.25) is 0 Å². The van der Waals surface area contributed by atoms with Gasteiger partial charge in [0.15, 0.2) is 0 Å². The van der Waals surface area contributed by atoms with Gasteiger partial charge in [0.2, 0.25) is 10.0 Å². The number of benzene rings is 1. The standard InChI is InChI=1S/C14H21NO4S/c1-2-11-5-6-14(8-12(11)9-16)20(17,18)15-13-4-3-7-19-10-13/h5-6,8,13,15-16H,2-4,7,9-10H2,1H3. The lowest BCUT2D eigenvalue weighted by molar-refractivity contribution is 0.0774. The highest BCUT2D eigenvalue weighted by Crippen LogP contribution is 2.18. The van der Waals surface area contributed by atoms with E-state index in [1.807, 2.05) is 6.92 Å². The SMILES string of the molecule is CCc1ccc(S(=O)(=O)NC2CCCOC2)cc1CO. The van der Waals surface area contributed by atoms with E-state index in [2.05, 4.69) is 4.72 Å². The summed E-state index contributed by atoms with van der Waals surface area (Å²) in [6.07, 6.45) is 2.42. The molecule has 0 aliphatic carbocycles. The van der Waals surface area contributed by atoms with Crippen molar-refractivity contribution < 1.29 is 18.3 Å². The first kappa shape index (κ1) is 15.4. The molecule has 1 heterocycles. The molecule has 0 radical (unpaired) electrons. The van der Waals surface area contributed by atoms with Crippen LogP contribution in [-0.4, -0.2) is 32.8 Å². The first-order valence-corrected chi connectivity index (χ1v) is 8.38. The Kier molecular flexibility index (Phi) is 5.15. The Morgan fingerprint density at radius 3 is 2.80 bits per heavy atom. The van der Waals surface area contributed by atoms with E-state index in [4.69, 9.17) is 4.74 Å². The first-order valence-electron chi connectivity index (χ1n) is 6.89. The van der Waals surface area contributed by atoms with E-state index >= 15 is 0 Å². The molecule has 1 atom stereocenters. The third-order valence-corrected chi connectivity index (χ3v) is 5.04. The van der Waals surface area contributed by atoms with Crippen LogP contribution >= 0.6 is 0 Å². The zero-order valence-corrected chi connectivity index (χ0v) is 12.4. The van der Waals surface area contributed by atoms with Crippen LogP contribution in [0.5, 0.6) is 0 Å². The lowest BCUT2D eigenvalue weighted by Gasteiger charge is -2.23. The van der Waals surface area contributed by atoms with Crippen molar-refractivity contribution in [3.63, 3.8) is 0 Å². The minimum atomic E-state index is -3.56. The van der Waals surface area contributed by atoms with Gasteiger partial charge in [0.1, 0.15) is 0 Å². The van der Waals surface area contributed by atoms with E-state index < -0.39 is 10.0 Å². The van der Waals surface area contributed by atoms with Gasteiger partial charge in [-0.15, -0.1) is 0 Å². The maximum absolute atomic E-state index is 12.3. The van der Waals surface area contributed by atoms with Crippen LogP contribution in [0.3, 0.4) is 0 Å². The molecule has 0 bridgehead atoms. The van der Waals surface area contributed by atoms with E-state index in [1.54, 1.807) is 18.2 Å². The molecule has 0 amide bonds. The molecular weight excluding hydrogens is 278 g/mol. The fraction of sp³-hybridized carbons (Fsp3) is 0.571. The summed E-state index contributed by atoms with van der Waals surface area (Å²) in [5.41, 5.74) is 1.63. The van der Waals surface area contributed by atoms with E-state index in [9.17, 15) is 13.5 Å². The summed E-state index contributed by atoms with van der Waals surface area (Å²) in [5, 5.41) is 9.33. The van der Waals surface area contributed by atoms with Crippen LogP contribution in [0.4, 0.5) is 0 Å². The minimum absolute atomic E-state index is 0.154. The fourth-order valence-corrected chi connectivity index (χ4v) is 3.69. The summed E-state index contributed by atoms with van der Waals surface area (Å²) in [6, 6.07) is 4.73. The van der Waals surface area contributed by atoms with Crippen molar-refractivity contribution in [2.75, 3.05) is 13.2 Å². The Morgan fingerprint density at radius 1 is 1.40 bits per heavy atom. The number of aliphatic hydroxyl groups excluding tert-OH is 1. The van der Waals surface area contributed by atoms with Crippen LogP contribution in [0.1, 0.15) is 30.9 Å². The first-order chi connectivity index (χ1) is 9.56. The molecule has 0 saturated carbocycles. The molecule has 2 N–H and O–H groups in total. The van der Waals surface area contributed by atoms with E-state index in [0.29, 0.717) is 18.8 Å². The number of sulfonamides is 1. The maximum Gasteiger partial charge on any atom is 0.240 e. The molecule has 1 aromatic carbocycles. The van der Waals surface area contributed by atoms with Gasteiger partial charge in [0.05, 0.1) is 18.1 Å². The van der Waals surface area contributed by atoms with Crippen LogP contribution in [0, 0.1) is 0 Å². The van der Waals surface area contributed by atoms with Gasteiger partial charge >= 0.3 is 0 Å². The third-order valence-electron chi connectivity index (χ3n) is 3.52. The van der Waals surface area contributed by atoms with Crippen molar-refractivity contribution >= 4 is 10.0 Å². The lowest BCUT2D eigenvalue weighted by atomic mass is 10.1. The van der Waals surface area contributed by atoms with Gasteiger partial charge in [-0.25, -0.2) is 13.1 Å². The number of aryl methyl sites for hydroxylation is 1. The predicted octanol–water partition coefficient (Wildman–Crippen LogP) is 1.20. The molecule has 1 fully saturated rings. The molecule has 0 aromatic heterocycles. The second-order valence-corrected chi connectivity index (χ2v) is 6.69. The Morgan fingerprint density at radius 2 is 2.20 bits per heavy atom. The highest BCUT2D eigenvalue weighted by Gasteiger charge is 2.22. The minimum Gasteiger partial charge on any atom is -0.392 e. The molecule has 1 saturated heterocycles. The van der Waals surface area contributed by atoms with E-state index in [1.165, 1.54) is 0 Å². The van der Waals surface area contributed by atoms with Crippen LogP contribution in [0.15, 0.2) is 23.1 Å². The van der Waals surface area contributed by atoms with Crippen LogP contribution in [-0.2, 0) is 27.8 Å². The molecule has 6 heteroatoms. The Labute approximate surface area is 120 Å². The van der Waals surface area contributed by atoms with Gasteiger partial charge in [0, 0.05) is 12.6 Å². The molecule has 1 unspecified atom stereocenters. The molecule has 0 spiro atoms. The zero-order valence-electron chi connectivity index (χ0n) is 11.6. The largest absolute Gasteiger partial charge is 0.392 e. The summed E-state index contributed by atoms with van der Waals surface area (Å²) < 4.78 is 32.6. The number of aliphatic hydroxyl groups is 1. The highest BCUT2D eigenvalue weighted by atomic mass is 32.2. The van der Waals surface area contributed by atoms with Gasteiger partial charge < -0.3 is 9.84 Å². The Hall–Kier alpha value is -0.950. The molecule has 1 aromatic rings. The van der Waals surface area contributed by atoms with Crippen molar-refractivity contribution in [2.24, 2.45) is 0 Å². The van der Waals surface area contributed by atoms with Gasteiger partial charge in [-0.2, -0.15) is 0 Å². The summed E-state index contributed by atoms with van der Waals surface area (Å²) >= 11 is 0. The second kappa shape index (κ2) is 6.67. The Bertz CT molecular complexity index is 550. The molecular formula is C14H21NO4S. The van der Waals surface area contributed by atoms with Crippen LogP contribution < -0.4 is 4.72 Å².